The highest BCUT2D eigenvalue weighted by Crippen LogP contribution is 2.11. The maximum atomic E-state index is 11.0. The fourth-order valence-electron chi connectivity index (χ4n) is 1.36. The van der Waals surface area contributed by atoms with Gasteiger partial charge in [-0.25, -0.2) is 29.5 Å². The predicted octanol–water partition coefficient (Wildman–Crippen LogP) is -0.149. The zero-order chi connectivity index (χ0) is 21.9. The van der Waals surface area contributed by atoms with Crippen LogP contribution in [0.2, 0.25) is 6.82 Å². The second kappa shape index (κ2) is 12.5. The van der Waals surface area contributed by atoms with Crippen LogP contribution < -0.4 is 11.5 Å². The van der Waals surface area contributed by atoms with E-state index < -0.39 is 19.1 Å². The van der Waals surface area contributed by atoms with Crippen molar-refractivity contribution < 1.29 is 29.1 Å². The normalized spacial score (nSPS) is 9.11. The number of rotatable bonds is 2. The van der Waals surface area contributed by atoms with Gasteiger partial charge in [-0.2, -0.15) is 0 Å². The molecule has 28 heavy (non-hydrogen) atoms. The van der Waals surface area contributed by atoms with Crippen molar-refractivity contribution in [3.63, 3.8) is 0 Å². The Bertz CT molecular complexity index is 744. The second-order valence-corrected chi connectivity index (χ2v) is 5.60. The molecule has 0 aliphatic heterocycles. The van der Waals surface area contributed by atoms with E-state index in [2.05, 4.69) is 45.3 Å². The molecule has 2 rings (SSSR count). The van der Waals surface area contributed by atoms with E-state index in [0.717, 1.165) is 0 Å². The fourth-order valence-corrected chi connectivity index (χ4v) is 1.64. The number of nitrogens with zero attached hydrogens (tertiary/aromatic N) is 4. The van der Waals surface area contributed by atoms with Crippen molar-refractivity contribution in [2.24, 2.45) is 0 Å². The highest BCUT2D eigenvalue weighted by Gasteiger charge is 2.13. The Morgan fingerprint density at radius 3 is 1.82 bits per heavy atom. The Morgan fingerprint density at radius 1 is 1.00 bits per heavy atom. The minimum atomic E-state index is -1.17. The number of carbonyl (C=O) groups is 2. The summed E-state index contributed by atoms with van der Waals surface area (Å²) in [5.41, 5.74) is 11.5. The van der Waals surface area contributed by atoms with Crippen molar-refractivity contribution in [3.05, 3.63) is 34.1 Å². The number of ether oxygens (including phenoxy) is 2. The quantitative estimate of drug-likeness (QED) is 0.343. The first kappa shape index (κ1) is 25.2. The molecule has 0 unspecified atom stereocenters. The summed E-state index contributed by atoms with van der Waals surface area (Å²) in [4.78, 5) is 37.1. The molecule has 14 heteroatoms. The Balaban J connectivity index is 0.000000439. The Labute approximate surface area is 169 Å². The first-order valence-electron chi connectivity index (χ1n) is 7.43. The van der Waals surface area contributed by atoms with Gasteiger partial charge < -0.3 is 31.0 Å². The van der Waals surface area contributed by atoms with Gasteiger partial charge in [0.1, 0.15) is 4.60 Å². The number of aryl methyl sites for hydroxylation is 1. The summed E-state index contributed by atoms with van der Waals surface area (Å²) in [6, 6.07) is 0. The minimum Gasteiger partial charge on any atom is -0.464 e. The lowest BCUT2D eigenvalue weighted by molar-refractivity contribution is 0.0586. The monoisotopic (exact) mass is 458 g/mol. The zero-order valence-electron chi connectivity index (χ0n) is 15.6. The molecule has 12 nitrogen and oxygen atoms in total. The minimum absolute atomic E-state index is 0.0203. The van der Waals surface area contributed by atoms with Crippen LogP contribution in [0.4, 0.5) is 11.6 Å². The smallest absolute Gasteiger partial charge is 0.448 e. The van der Waals surface area contributed by atoms with E-state index in [1.165, 1.54) is 33.4 Å². The number of halogens is 1. The molecule has 0 amide bonds. The van der Waals surface area contributed by atoms with Crippen molar-refractivity contribution in [1.29, 1.82) is 0 Å². The molecule has 6 N–H and O–H groups in total. The van der Waals surface area contributed by atoms with Crippen LogP contribution in [-0.2, 0) is 9.47 Å². The molecule has 0 atom stereocenters. The van der Waals surface area contributed by atoms with Crippen molar-refractivity contribution in [1.82, 2.24) is 19.9 Å². The van der Waals surface area contributed by atoms with Gasteiger partial charge in [0.05, 0.1) is 32.3 Å². The van der Waals surface area contributed by atoms with E-state index in [1.807, 2.05) is 0 Å². The molecule has 0 aliphatic rings. The van der Waals surface area contributed by atoms with Gasteiger partial charge in [-0.05, 0) is 29.7 Å². The van der Waals surface area contributed by atoms with Crippen LogP contribution in [0.25, 0.3) is 0 Å². The molecule has 0 aromatic carbocycles. The fraction of sp³-hybridized carbons (Fsp3) is 0.286. The van der Waals surface area contributed by atoms with Gasteiger partial charge in [0.2, 0.25) is 0 Å². The highest BCUT2D eigenvalue weighted by atomic mass is 79.9. The number of hydrogen-bond donors (Lipinski definition) is 4. The average Bonchev–Trinajstić information content (AvgIpc) is 2.64. The number of nitrogens with two attached hydrogens (primary N) is 2. The summed E-state index contributed by atoms with van der Waals surface area (Å²) < 4.78 is 9.32. The van der Waals surface area contributed by atoms with E-state index in [4.69, 9.17) is 21.5 Å². The van der Waals surface area contributed by atoms with E-state index in [9.17, 15) is 9.59 Å². The maximum Gasteiger partial charge on any atom is 0.448 e. The summed E-state index contributed by atoms with van der Waals surface area (Å²) in [5.74, 6) is -1.01. The first-order chi connectivity index (χ1) is 13.0. The van der Waals surface area contributed by atoms with Crippen LogP contribution in [0.3, 0.4) is 0 Å². The van der Waals surface area contributed by atoms with Crippen LogP contribution in [0, 0.1) is 6.92 Å². The van der Waals surface area contributed by atoms with Gasteiger partial charge in [0.15, 0.2) is 23.0 Å². The van der Waals surface area contributed by atoms with Crippen molar-refractivity contribution in [2.75, 3.05) is 25.7 Å². The van der Waals surface area contributed by atoms with E-state index in [1.54, 1.807) is 6.92 Å². The molecule has 0 aliphatic carbocycles. The Hall–Kier alpha value is -2.84. The molecule has 0 fully saturated rings. The molecule has 0 radical (unpaired) electrons. The van der Waals surface area contributed by atoms with Crippen molar-refractivity contribution >= 4 is 46.6 Å². The average molecular weight is 459 g/mol. The number of carbonyl (C=O) groups excluding carboxylic acids is 2. The standard InChI is InChI=1S/C7H9N3O2.C6H6BrN3O2.CH5BO2/c1-4-3-9-6(8)5(10-4)7(11)12-2;1-12-6(11)4-5(8)9-2-3(7)10-4;1-2(3)4/h3H,1-2H3,(H2,8,9);2H,1H3,(H2,8,9);3-4H,1H3. The van der Waals surface area contributed by atoms with Gasteiger partial charge in [-0.3, -0.25) is 0 Å². The molecule has 0 spiro atoms. The molecule has 2 aromatic rings. The molecule has 0 saturated carbocycles. The number of aromatic nitrogens is 4. The third-order valence-corrected chi connectivity index (χ3v) is 2.83. The van der Waals surface area contributed by atoms with E-state index >= 15 is 0 Å². The molecular weight excluding hydrogens is 439 g/mol. The number of esters is 2. The summed E-state index contributed by atoms with van der Waals surface area (Å²) in [5, 5.41) is 15.2. The van der Waals surface area contributed by atoms with Crippen molar-refractivity contribution in [3.8, 4) is 0 Å². The van der Waals surface area contributed by atoms with Crippen LogP contribution in [0.5, 0.6) is 0 Å². The van der Waals surface area contributed by atoms with Crippen LogP contribution in [0.15, 0.2) is 17.0 Å². The van der Waals surface area contributed by atoms with Crippen LogP contribution in [0.1, 0.15) is 26.7 Å². The Morgan fingerprint density at radius 2 is 1.39 bits per heavy atom. The lowest BCUT2D eigenvalue weighted by Gasteiger charge is -2.01. The topological polar surface area (TPSA) is 197 Å². The summed E-state index contributed by atoms with van der Waals surface area (Å²) in [6.07, 6.45) is 2.89. The number of methoxy groups -OCH3 is 2. The van der Waals surface area contributed by atoms with Gasteiger partial charge >= 0.3 is 19.1 Å². The number of anilines is 2. The number of hydrogen-bond acceptors (Lipinski definition) is 12. The molecular formula is C14H20BBrN6O6. The third-order valence-electron chi connectivity index (χ3n) is 2.45. The van der Waals surface area contributed by atoms with E-state index in [0.29, 0.717) is 10.3 Å². The SMILES string of the molecule is CB(O)O.COC(=O)c1nc(Br)cnc1N.COC(=O)c1nc(C)cnc1N. The lowest BCUT2D eigenvalue weighted by atomic mass is 9.99. The van der Waals surface area contributed by atoms with Crippen molar-refractivity contribution in [2.45, 2.75) is 13.7 Å². The molecule has 152 valence electrons. The molecule has 0 saturated heterocycles. The first-order valence-corrected chi connectivity index (χ1v) is 8.22. The second-order valence-electron chi connectivity index (χ2n) is 4.79. The van der Waals surface area contributed by atoms with Crippen LogP contribution in [-0.4, -0.2) is 63.3 Å². The summed E-state index contributed by atoms with van der Waals surface area (Å²) in [7, 11) is 1.36. The van der Waals surface area contributed by atoms with Gasteiger partial charge in [0, 0.05) is 0 Å². The highest BCUT2D eigenvalue weighted by molar-refractivity contribution is 9.10. The molecule has 0 bridgehead atoms. The lowest BCUT2D eigenvalue weighted by Crippen LogP contribution is -2.10. The van der Waals surface area contributed by atoms with E-state index in [-0.39, 0.29) is 23.0 Å². The van der Waals surface area contributed by atoms with Gasteiger partial charge in [-0.15, -0.1) is 0 Å². The third kappa shape index (κ3) is 9.20. The van der Waals surface area contributed by atoms with Crippen LogP contribution >= 0.6 is 15.9 Å². The maximum absolute atomic E-state index is 11.0. The van der Waals surface area contributed by atoms with Gasteiger partial charge in [0.25, 0.3) is 0 Å². The molecule has 2 aromatic heterocycles. The predicted molar refractivity (Wildman–Crippen MR) is 104 cm³/mol. The van der Waals surface area contributed by atoms with Gasteiger partial charge in [-0.1, -0.05) is 0 Å². The Kier molecular flexibility index (Phi) is 11.3. The zero-order valence-corrected chi connectivity index (χ0v) is 17.2. The number of nitrogen functional groups attached to an aromatic ring is 2. The largest absolute Gasteiger partial charge is 0.464 e. The summed E-state index contributed by atoms with van der Waals surface area (Å²) >= 11 is 3.06. The molecule has 2 heterocycles. The summed E-state index contributed by atoms with van der Waals surface area (Å²) in [6.45, 7) is 3.00.